The lowest BCUT2D eigenvalue weighted by molar-refractivity contribution is -0.118. The molecule has 4 nitrogen and oxygen atoms in total. The topological polar surface area (TPSA) is 55.4 Å². The van der Waals surface area contributed by atoms with E-state index in [4.69, 9.17) is 4.74 Å². The first-order chi connectivity index (χ1) is 11.1. The van der Waals surface area contributed by atoms with Crippen LogP contribution in [0.2, 0.25) is 0 Å². The molecule has 2 aromatic rings. The molecule has 0 aliphatic carbocycles. The molecule has 0 aromatic heterocycles. The third-order valence-electron chi connectivity index (χ3n) is 3.56. The molecule has 0 spiro atoms. The Labute approximate surface area is 136 Å². The first-order valence-corrected chi connectivity index (χ1v) is 8.59. The second-order valence-corrected chi connectivity index (χ2v) is 6.75. The fourth-order valence-electron chi connectivity index (χ4n) is 2.46. The summed E-state index contributed by atoms with van der Waals surface area (Å²) in [5, 5.41) is 2.72. The standard InChI is InChI=1S/C17H16FNO3S/c18-13-5-3-6-15(9-13)23(21)11-17(20)19-10-14-8-12-4-1-2-7-16(12)22-14/h1-7,9,14H,8,10-11H2,(H,19,20)/t14-,23-/m1/s1. The van der Waals surface area contributed by atoms with Gasteiger partial charge in [0.15, 0.2) is 0 Å². The Hall–Kier alpha value is -2.21. The smallest absolute Gasteiger partial charge is 0.233 e. The fraction of sp³-hybridized carbons (Fsp3) is 0.235. The zero-order valence-electron chi connectivity index (χ0n) is 12.3. The van der Waals surface area contributed by atoms with Crippen molar-refractivity contribution >= 4 is 16.7 Å². The average molecular weight is 333 g/mol. The van der Waals surface area contributed by atoms with Gasteiger partial charge in [-0.2, -0.15) is 0 Å². The van der Waals surface area contributed by atoms with E-state index in [2.05, 4.69) is 5.32 Å². The van der Waals surface area contributed by atoms with Crippen LogP contribution in [0.25, 0.3) is 0 Å². The van der Waals surface area contributed by atoms with Crippen LogP contribution in [0, 0.1) is 5.82 Å². The van der Waals surface area contributed by atoms with Gasteiger partial charge in [0.25, 0.3) is 0 Å². The number of carbonyl (C=O) groups excluding carboxylic acids is 1. The van der Waals surface area contributed by atoms with Gasteiger partial charge in [-0.3, -0.25) is 9.00 Å². The maximum atomic E-state index is 13.1. The molecule has 1 aliphatic heterocycles. The van der Waals surface area contributed by atoms with E-state index in [1.165, 1.54) is 18.2 Å². The summed E-state index contributed by atoms with van der Waals surface area (Å²) in [5.74, 6) is -0.154. The number of para-hydroxylation sites is 1. The van der Waals surface area contributed by atoms with Gasteiger partial charge in [-0.05, 0) is 29.8 Å². The summed E-state index contributed by atoms with van der Waals surface area (Å²) in [6.45, 7) is 0.355. The van der Waals surface area contributed by atoms with Gasteiger partial charge in [0.2, 0.25) is 5.91 Å². The number of nitrogens with one attached hydrogen (secondary N) is 1. The third-order valence-corrected chi connectivity index (χ3v) is 4.87. The molecule has 120 valence electrons. The summed E-state index contributed by atoms with van der Waals surface area (Å²) in [6.07, 6.45) is 0.627. The zero-order chi connectivity index (χ0) is 16.2. The summed E-state index contributed by atoms with van der Waals surface area (Å²) in [5.41, 5.74) is 1.12. The SMILES string of the molecule is O=C(C[S@@](=O)c1cccc(F)c1)NC[C@H]1Cc2ccccc2O1. The average Bonchev–Trinajstić information content (AvgIpc) is 2.96. The van der Waals surface area contributed by atoms with Crippen LogP contribution < -0.4 is 10.1 Å². The minimum atomic E-state index is -1.56. The Morgan fingerprint density at radius 3 is 2.87 bits per heavy atom. The molecular weight excluding hydrogens is 317 g/mol. The van der Waals surface area contributed by atoms with Gasteiger partial charge >= 0.3 is 0 Å². The highest BCUT2D eigenvalue weighted by Gasteiger charge is 2.23. The van der Waals surface area contributed by atoms with Crippen LogP contribution in [-0.4, -0.2) is 28.5 Å². The van der Waals surface area contributed by atoms with Crippen molar-refractivity contribution in [2.45, 2.75) is 17.4 Å². The van der Waals surface area contributed by atoms with Crippen molar-refractivity contribution in [1.29, 1.82) is 0 Å². The molecule has 3 rings (SSSR count). The molecule has 0 radical (unpaired) electrons. The summed E-state index contributed by atoms with van der Waals surface area (Å²) in [4.78, 5) is 12.2. The number of benzene rings is 2. The number of ether oxygens (including phenoxy) is 1. The monoisotopic (exact) mass is 333 g/mol. The van der Waals surface area contributed by atoms with Gasteiger partial charge in [-0.1, -0.05) is 24.3 Å². The highest BCUT2D eigenvalue weighted by atomic mass is 32.2. The Bertz CT molecular complexity index is 725. The fourth-order valence-corrected chi connectivity index (χ4v) is 3.44. The van der Waals surface area contributed by atoms with E-state index in [1.54, 1.807) is 6.07 Å². The van der Waals surface area contributed by atoms with Crippen LogP contribution in [0.15, 0.2) is 53.4 Å². The predicted octanol–water partition coefficient (Wildman–Crippen LogP) is 2.05. The van der Waals surface area contributed by atoms with Crippen molar-refractivity contribution in [2.24, 2.45) is 0 Å². The van der Waals surface area contributed by atoms with Crippen molar-refractivity contribution < 1.29 is 18.1 Å². The van der Waals surface area contributed by atoms with Gasteiger partial charge in [0.05, 0.1) is 17.3 Å². The number of hydrogen-bond donors (Lipinski definition) is 1. The largest absolute Gasteiger partial charge is 0.488 e. The van der Waals surface area contributed by atoms with Crippen LogP contribution in [-0.2, 0) is 22.0 Å². The minimum Gasteiger partial charge on any atom is -0.488 e. The highest BCUT2D eigenvalue weighted by Crippen LogP contribution is 2.27. The summed E-state index contributed by atoms with van der Waals surface area (Å²) < 4.78 is 30.9. The number of amides is 1. The molecule has 2 atom stereocenters. The van der Waals surface area contributed by atoms with Crippen molar-refractivity contribution in [2.75, 3.05) is 12.3 Å². The second kappa shape index (κ2) is 6.91. The molecular formula is C17H16FNO3S. The number of halogens is 1. The maximum absolute atomic E-state index is 13.1. The van der Waals surface area contributed by atoms with Gasteiger partial charge in [0, 0.05) is 11.3 Å². The third kappa shape index (κ3) is 3.96. The lowest BCUT2D eigenvalue weighted by atomic mass is 10.1. The molecule has 1 aliphatic rings. The van der Waals surface area contributed by atoms with E-state index in [-0.39, 0.29) is 17.8 Å². The number of carbonyl (C=O) groups is 1. The molecule has 1 N–H and O–H groups in total. The first kappa shape index (κ1) is 15.7. The van der Waals surface area contributed by atoms with Crippen molar-refractivity contribution in [1.82, 2.24) is 5.32 Å². The summed E-state index contributed by atoms with van der Waals surface area (Å²) in [7, 11) is -1.56. The molecule has 0 saturated carbocycles. The molecule has 0 saturated heterocycles. The molecule has 0 fully saturated rings. The molecule has 1 amide bonds. The Morgan fingerprint density at radius 1 is 1.26 bits per heavy atom. The molecule has 0 unspecified atom stereocenters. The van der Waals surface area contributed by atoms with Gasteiger partial charge in [-0.15, -0.1) is 0 Å². The first-order valence-electron chi connectivity index (χ1n) is 7.27. The Balaban J connectivity index is 1.48. The maximum Gasteiger partial charge on any atom is 0.233 e. The molecule has 2 aromatic carbocycles. The summed E-state index contributed by atoms with van der Waals surface area (Å²) >= 11 is 0. The lowest BCUT2D eigenvalue weighted by Gasteiger charge is -2.12. The predicted molar refractivity (Wildman–Crippen MR) is 85.2 cm³/mol. The van der Waals surface area contributed by atoms with Crippen LogP contribution >= 0.6 is 0 Å². The van der Waals surface area contributed by atoms with Gasteiger partial charge < -0.3 is 10.1 Å². The Morgan fingerprint density at radius 2 is 2.09 bits per heavy atom. The summed E-state index contributed by atoms with van der Waals surface area (Å²) in [6, 6.07) is 13.2. The van der Waals surface area contributed by atoms with Crippen molar-refractivity contribution in [3.05, 3.63) is 59.9 Å². The second-order valence-electron chi connectivity index (χ2n) is 5.30. The number of fused-ring (bicyclic) bond motifs is 1. The highest BCUT2D eigenvalue weighted by molar-refractivity contribution is 7.85. The van der Waals surface area contributed by atoms with E-state index < -0.39 is 16.6 Å². The van der Waals surface area contributed by atoms with Crippen molar-refractivity contribution in [3.63, 3.8) is 0 Å². The molecule has 0 bridgehead atoms. The lowest BCUT2D eigenvalue weighted by Crippen LogP contribution is -2.36. The van der Waals surface area contributed by atoms with Crippen LogP contribution in [0.1, 0.15) is 5.56 Å². The molecule has 23 heavy (non-hydrogen) atoms. The minimum absolute atomic E-state index is 0.112. The van der Waals surface area contributed by atoms with E-state index >= 15 is 0 Å². The number of hydrogen-bond acceptors (Lipinski definition) is 3. The van der Waals surface area contributed by atoms with Gasteiger partial charge in [0.1, 0.15) is 23.4 Å². The Kier molecular flexibility index (Phi) is 4.71. The van der Waals surface area contributed by atoms with E-state index in [9.17, 15) is 13.4 Å². The molecule has 6 heteroatoms. The normalized spacial score (nSPS) is 17.2. The van der Waals surface area contributed by atoms with E-state index in [1.807, 2.05) is 24.3 Å². The van der Waals surface area contributed by atoms with E-state index in [0.717, 1.165) is 17.7 Å². The van der Waals surface area contributed by atoms with Gasteiger partial charge in [-0.25, -0.2) is 4.39 Å². The van der Waals surface area contributed by atoms with Crippen LogP contribution in [0.3, 0.4) is 0 Å². The quantitative estimate of drug-likeness (QED) is 0.911. The zero-order valence-corrected chi connectivity index (χ0v) is 13.1. The van der Waals surface area contributed by atoms with E-state index in [0.29, 0.717) is 11.4 Å². The van der Waals surface area contributed by atoms with Crippen LogP contribution in [0.5, 0.6) is 5.75 Å². The van der Waals surface area contributed by atoms with Crippen molar-refractivity contribution in [3.8, 4) is 5.75 Å². The van der Waals surface area contributed by atoms with Crippen LogP contribution in [0.4, 0.5) is 4.39 Å². The number of rotatable bonds is 5. The molecule has 1 heterocycles.